The van der Waals surface area contributed by atoms with E-state index in [1.165, 1.54) is 107 Å². The van der Waals surface area contributed by atoms with Gasteiger partial charge in [-0.05, 0) is 0 Å². The molecule has 0 spiro atoms. The predicted molar refractivity (Wildman–Crippen MR) is 211 cm³/mol. The molecule has 0 saturated heterocycles. The minimum atomic E-state index is -5.30. The monoisotopic (exact) mass is 816 g/mol. The van der Waals surface area contributed by atoms with Crippen molar-refractivity contribution >= 4 is 19.1 Å². The van der Waals surface area contributed by atoms with E-state index in [2.05, 4.69) is 141 Å². The predicted octanol–water partition coefficient (Wildman–Crippen LogP) is 13.2. The topological polar surface area (TPSA) is 0 Å². The maximum absolute atomic E-state index is 5.30. The summed E-state index contributed by atoms with van der Waals surface area (Å²) in [5.41, 5.74) is 17.3. The normalized spacial score (nSPS) is 23.1. The van der Waals surface area contributed by atoms with E-state index in [-0.39, 0.29) is 0 Å². The molecule has 0 aliphatic heterocycles. The molecule has 0 nitrogen and oxygen atoms in total. The Balaban J connectivity index is 1.43. The summed E-state index contributed by atoms with van der Waals surface area (Å²) in [6, 6.07) is 29.0. The second kappa shape index (κ2) is 10.3. The van der Waals surface area contributed by atoms with Crippen LogP contribution in [0.2, 0.25) is 16.7 Å². The number of allylic oxidation sites excluding steroid dienone is 2. The second-order valence-corrected chi connectivity index (χ2v) is 92.9. The molecular weight excluding hydrogens is 759 g/mol. The Hall–Kier alpha value is -2.55. The average Bonchev–Trinajstić information content (AvgIpc) is 3.86. The van der Waals surface area contributed by atoms with Crippen LogP contribution in [0.5, 0.6) is 0 Å². The third-order valence-corrected chi connectivity index (χ3v) is 86.3. The van der Waals surface area contributed by atoms with Crippen molar-refractivity contribution in [2.24, 2.45) is 0 Å². The van der Waals surface area contributed by atoms with Crippen LogP contribution in [0, 0.1) is 27.7 Å². The third-order valence-electron chi connectivity index (χ3n) is 16.0. The molecule has 2 saturated carbocycles. The van der Waals surface area contributed by atoms with Gasteiger partial charge in [0.25, 0.3) is 0 Å². The van der Waals surface area contributed by atoms with Crippen LogP contribution in [0.3, 0.4) is 0 Å². The van der Waals surface area contributed by atoms with Crippen LogP contribution in [0.15, 0.2) is 84.9 Å². The number of aryl methyl sites for hydroxylation is 4. The number of hydrogen-bond donors (Lipinski definition) is 0. The average molecular weight is 816 g/mol. The molecule has 0 heterocycles. The van der Waals surface area contributed by atoms with Gasteiger partial charge in [-0.15, -0.1) is 0 Å². The van der Waals surface area contributed by atoms with Crippen LogP contribution < -0.4 is 0 Å². The van der Waals surface area contributed by atoms with Gasteiger partial charge in [-0.3, -0.25) is 0 Å². The van der Waals surface area contributed by atoms with Crippen LogP contribution in [0.4, 0.5) is 0 Å². The molecule has 0 amide bonds. The first-order valence-corrected chi connectivity index (χ1v) is 42.9. The van der Waals surface area contributed by atoms with Crippen LogP contribution in [0.1, 0.15) is 103 Å². The fraction of sp³-hybridized carbons (Fsp3) is 0.391. The summed E-state index contributed by atoms with van der Waals surface area (Å²) in [7, 11) is 0. The number of hydrogen-bond acceptors (Lipinski definition) is 0. The summed E-state index contributed by atoms with van der Waals surface area (Å²) >= 11 is -5.30. The Labute approximate surface area is 286 Å². The standard InChI is InChI=1S/2C17H15.2C5H9.2CH3.Hf.H2Si/c2*1-12-9-13(2)11-15(10-12)17-8-4-6-14-5-3-7-16(14)17;2*1-2-4-5-3-1;;;;/h2*3-11H,1-2H3;2*1H,2-5H2;2*1H3;;1H2. The Morgan fingerprint density at radius 3 is 1.23 bits per heavy atom. The molecular formula is C46H56HfSi. The van der Waals surface area contributed by atoms with E-state index in [1.54, 1.807) is 11.1 Å². The summed E-state index contributed by atoms with van der Waals surface area (Å²) in [5, 5.41) is 0. The molecule has 0 N–H and O–H groups in total. The minimum absolute atomic E-state index is 0.491. The van der Waals surface area contributed by atoms with Gasteiger partial charge in [0.1, 0.15) is 0 Å². The summed E-state index contributed by atoms with van der Waals surface area (Å²) in [4.78, 5) is 0. The van der Waals surface area contributed by atoms with Gasteiger partial charge in [0.2, 0.25) is 0 Å². The van der Waals surface area contributed by atoms with Crippen molar-refractivity contribution in [3.8, 4) is 22.3 Å². The molecule has 4 aliphatic carbocycles. The molecule has 4 aromatic rings. The van der Waals surface area contributed by atoms with E-state index in [9.17, 15) is 0 Å². The molecule has 2 fully saturated rings. The van der Waals surface area contributed by atoms with Crippen LogP contribution in [-0.2, 0) is 14.2 Å². The molecule has 4 aliphatic rings. The van der Waals surface area contributed by atoms with E-state index in [0.29, 0.717) is 7.35 Å². The fourth-order valence-corrected chi connectivity index (χ4v) is 77.1. The van der Waals surface area contributed by atoms with Crippen molar-refractivity contribution in [1.82, 2.24) is 0 Å². The number of benzene rings is 4. The number of fused-ring (bicyclic) bond motifs is 2. The number of rotatable bonds is 6. The van der Waals surface area contributed by atoms with Gasteiger partial charge in [-0.2, -0.15) is 0 Å². The quantitative estimate of drug-likeness (QED) is 0.170. The van der Waals surface area contributed by atoms with Crippen molar-refractivity contribution in [3.63, 3.8) is 0 Å². The van der Waals surface area contributed by atoms with E-state index in [0.717, 1.165) is 7.35 Å². The van der Waals surface area contributed by atoms with Gasteiger partial charge >= 0.3 is 288 Å². The van der Waals surface area contributed by atoms with E-state index < -0.39 is 14.2 Å². The first kappa shape index (κ1) is 32.6. The van der Waals surface area contributed by atoms with Gasteiger partial charge in [0, 0.05) is 0 Å². The van der Waals surface area contributed by atoms with Gasteiger partial charge in [-0.1, -0.05) is 0 Å². The van der Waals surface area contributed by atoms with Crippen LogP contribution >= 0.6 is 0 Å². The zero-order valence-corrected chi connectivity index (χ0v) is 35.4. The first-order chi connectivity index (χ1) is 22.8. The van der Waals surface area contributed by atoms with Crippen molar-refractivity contribution in [2.75, 3.05) is 0 Å². The van der Waals surface area contributed by atoms with E-state index in [4.69, 9.17) is 0 Å². The zero-order valence-electron chi connectivity index (χ0n) is 30.4. The Morgan fingerprint density at radius 1 is 0.521 bits per heavy atom. The molecule has 0 radical (unpaired) electrons. The summed E-state index contributed by atoms with van der Waals surface area (Å²) in [6.07, 6.45) is 22.0. The van der Waals surface area contributed by atoms with Crippen molar-refractivity contribution in [1.29, 1.82) is 0 Å². The summed E-state index contributed by atoms with van der Waals surface area (Å²) in [6.45, 7) is 11.7. The SMILES string of the molecule is Cc1cc(C)cc(-c2cccc3c2C=C[CH]3[Hf]([CH3])([CH3])(=[SiH2])([CH]2CCCC2)([CH]2CCCC2)[CH]2C=Cc3c(-c4cc(C)cc(C)c4)cccc32)c1. The summed E-state index contributed by atoms with van der Waals surface area (Å²) < 4.78 is 8.74. The molecule has 0 aromatic heterocycles. The maximum atomic E-state index is 3.08. The van der Waals surface area contributed by atoms with Gasteiger partial charge < -0.3 is 0 Å². The second-order valence-electron chi connectivity index (χ2n) is 19.3. The molecule has 0 bridgehead atoms. The fourth-order valence-electron chi connectivity index (χ4n) is 13.6. The molecule has 2 heteroatoms. The first-order valence-electron chi connectivity index (χ1n) is 19.1. The van der Waals surface area contributed by atoms with E-state index in [1.807, 2.05) is 0 Å². The Morgan fingerprint density at radius 2 is 0.875 bits per heavy atom. The van der Waals surface area contributed by atoms with Crippen molar-refractivity contribution < 1.29 is 14.2 Å². The third kappa shape index (κ3) is 4.14. The molecule has 2 atom stereocenters. The Bertz CT molecular complexity index is 2000. The molecule has 248 valence electrons. The van der Waals surface area contributed by atoms with Crippen molar-refractivity contribution in [2.45, 2.75) is 103 Å². The molecule has 48 heavy (non-hydrogen) atoms. The zero-order chi connectivity index (χ0) is 33.6. The van der Waals surface area contributed by atoms with Crippen molar-refractivity contribution in [3.05, 3.63) is 129 Å². The van der Waals surface area contributed by atoms with Gasteiger partial charge in [0.15, 0.2) is 0 Å². The molecule has 2 unspecified atom stereocenters. The Kier molecular flexibility index (Phi) is 6.97. The van der Waals surface area contributed by atoms with Gasteiger partial charge in [-0.25, -0.2) is 0 Å². The molecule has 8 rings (SSSR count). The van der Waals surface area contributed by atoms with Gasteiger partial charge in [0.05, 0.1) is 0 Å². The summed E-state index contributed by atoms with van der Waals surface area (Å²) in [5.74, 6) is 0. The van der Waals surface area contributed by atoms with E-state index >= 15 is 0 Å². The van der Waals surface area contributed by atoms with Crippen LogP contribution in [0.25, 0.3) is 34.4 Å². The molecule has 4 aromatic carbocycles. The van der Waals surface area contributed by atoms with Crippen LogP contribution in [-0.4, -0.2) is 6.94 Å².